The van der Waals surface area contributed by atoms with Gasteiger partial charge in [-0.25, -0.2) is 4.98 Å². The Morgan fingerprint density at radius 2 is 2.39 bits per heavy atom. The summed E-state index contributed by atoms with van der Waals surface area (Å²) in [6, 6.07) is 3.65. The third-order valence-electron chi connectivity index (χ3n) is 4.16. The number of nitrogens with zero attached hydrogens (tertiary/aromatic N) is 1. The van der Waals surface area contributed by atoms with E-state index in [1.807, 2.05) is 6.07 Å². The second-order valence-corrected chi connectivity index (χ2v) is 5.45. The average molecular weight is 250 g/mol. The molecule has 2 rings (SSSR count). The third kappa shape index (κ3) is 2.35. The Bertz CT molecular complexity index is 393. The molecule has 1 aromatic heterocycles. The van der Waals surface area contributed by atoms with Crippen molar-refractivity contribution in [1.29, 1.82) is 0 Å². The molecule has 3 unspecified atom stereocenters. The number of aliphatic hydroxyl groups is 1. The predicted octanol–water partition coefficient (Wildman–Crippen LogP) is 1.89. The number of aliphatic hydroxyl groups excluding tert-OH is 1. The van der Waals surface area contributed by atoms with Crippen molar-refractivity contribution in [3.8, 4) is 5.88 Å². The summed E-state index contributed by atoms with van der Waals surface area (Å²) in [5.74, 6) is 1.20. The summed E-state index contributed by atoms with van der Waals surface area (Å²) in [4.78, 5) is 4.15. The van der Waals surface area contributed by atoms with Gasteiger partial charge in [-0.2, -0.15) is 0 Å². The van der Waals surface area contributed by atoms with E-state index in [1.165, 1.54) is 0 Å². The van der Waals surface area contributed by atoms with Gasteiger partial charge >= 0.3 is 0 Å². The van der Waals surface area contributed by atoms with Gasteiger partial charge in [0, 0.05) is 24.2 Å². The number of hydrogen-bond donors (Lipinski definition) is 2. The van der Waals surface area contributed by atoms with E-state index in [9.17, 15) is 5.11 Å². The predicted molar refractivity (Wildman–Crippen MR) is 70.3 cm³/mol. The van der Waals surface area contributed by atoms with Gasteiger partial charge in [0.25, 0.3) is 0 Å². The minimum atomic E-state index is -0.536. The first-order chi connectivity index (χ1) is 8.61. The van der Waals surface area contributed by atoms with Crippen molar-refractivity contribution in [3.05, 3.63) is 23.9 Å². The van der Waals surface area contributed by atoms with Crippen molar-refractivity contribution in [2.24, 2.45) is 17.1 Å². The fourth-order valence-electron chi connectivity index (χ4n) is 3.01. The maximum atomic E-state index is 10.6. The van der Waals surface area contributed by atoms with Crippen molar-refractivity contribution in [1.82, 2.24) is 4.98 Å². The smallest absolute Gasteiger partial charge is 0.212 e. The lowest BCUT2D eigenvalue weighted by molar-refractivity contribution is 0.0305. The van der Waals surface area contributed by atoms with Crippen LogP contribution in [0.5, 0.6) is 5.88 Å². The van der Waals surface area contributed by atoms with Gasteiger partial charge in [-0.15, -0.1) is 0 Å². The zero-order valence-electron chi connectivity index (χ0n) is 11.1. The number of methoxy groups -OCH3 is 1. The molecule has 1 fully saturated rings. The molecule has 1 aromatic rings. The molecule has 4 heteroatoms. The Morgan fingerprint density at radius 1 is 1.61 bits per heavy atom. The molecule has 0 bridgehead atoms. The van der Waals surface area contributed by atoms with Gasteiger partial charge in [0.05, 0.1) is 13.2 Å². The highest BCUT2D eigenvalue weighted by molar-refractivity contribution is 5.22. The maximum absolute atomic E-state index is 10.6. The molecule has 100 valence electrons. The molecule has 4 nitrogen and oxygen atoms in total. The summed E-state index contributed by atoms with van der Waals surface area (Å²) < 4.78 is 5.03. The maximum Gasteiger partial charge on any atom is 0.212 e. The standard InChI is InChI=1S/C14H22N2O2/c1-10-5-6-14(7-10,9-15)13(17)11-3-4-12(18-2)16-8-11/h3-4,8,10,13,17H,5-7,9,15H2,1-2H3. The van der Waals surface area contributed by atoms with Crippen molar-refractivity contribution < 1.29 is 9.84 Å². The topological polar surface area (TPSA) is 68.4 Å². The highest BCUT2D eigenvalue weighted by atomic mass is 16.5. The number of nitrogens with two attached hydrogens (primary N) is 1. The lowest BCUT2D eigenvalue weighted by Gasteiger charge is -2.33. The quantitative estimate of drug-likeness (QED) is 0.856. The average Bonchev–Trinajstić information content (AvgIpc) is 2.81. The molecule has 0 saturated heterocycles. The molecule has 1 heterocycles. The number of aromatic nitrogens is 1. The normalized spacial score (nSPS) is 29.2. The van der Waals surface area contributed by atoms with Gasteiger partial charge < -0.3 is 15.6 Å². The molecule has 0 aromatic carbocycles. The van der Waals surface area contributed by atoms with E-state index in [0.29, 0.717) is 18.3 Å². The lowest BCUT2D eigenvalue weighted by atomic mass is 9.77. The Hall–Kier alpha value is -1.13. The molecule has 0 spiro atoms. The van der Waals surface area contributed by atoms with Crippen molar-refractivity contribution in [2.45, 2.75) is 32.3 Å². The molecule has 0 amide bonds. The highest BCUT2D eigenvalue weighted by Crippen LogP contribution is 2.49. The van der Waals surface area contributed by atoms with Gasteiger partial charge in [0.15, 0.2) is 0 Å². The number of rotatable bonds is 4. The molecular formula is C14H22N2O2. The largest absolute Gasteiger partial charge is 0.481 e. The molecule has 0 radical (unpaired) electrons. The fourth-order valence-corrected chi connectivity index (χ4v) is 3.01. The van der Waals surface area contributed by atoms with Gasteiger partial charge in [-0.3, -0.25) is 0 Å². The third-order valence-corrected chi connectivity index (χ3v) is 4.16. The zero-order chi connectivity index (χ0) is 13.2. The van der Waals surface area contributed by atoms with Crippen molar-refractivity contribution in [2.75, 3.05) is 13.7 Å². The number of hydrogen-bond acceptors (Lipinski definition) is 4. The molecular weight excluding hydrogens is 228 g/mol. The van der Waals surface area contributed by atoms with E-state index < -0.39 is 6.10 Å². The summed E-state index contributed by atoms with van der Waals surface area (Å²) in [7, 11) is 1.58. The zero-order valence-corrected chi connectivity index (χ0v) is 11.1. The second kappa shape index (κ2) is 5.24. The van der Waals surface area contributed by atoms with Crippen LogP contribution in [0.1, 0.15) is 37.9 Å². The van der Waals surface area contributed by atoms with Crippen LogP contribution >= 0.6 is 0 Å². The highest BCUT2D eigenvalue weighted by Gasteiger charge is 2.42. The van der Waals surface area contributed by atoms with Gasteiger partial charge in [-0.1, -0.05) is 13.3 Å². The van der Waals surface area contributed by atoms with Gasteiger partial charge in [-0.05, 0) is 30.4 Å². The Kier molecular flexibility index (Phi) is 3.88. The first-order valence-electron chi connectivity index (χ1n) is 6.49. The molecule has 0 aliphatic heterocycles. The Labute approximate surface area is 108 Å². The van der Waals surface area contributed by atoms with Crippen LogP contribution in [0.15, 0.2) is 18.3 Å². The summed E-state index contributed by atoms with van der Waals surface area (Å²) in [5.41, 5.74) is 6.56. The minimum Gasteiger partial charge on any atom is -0.481 e. The first kappa shape index (κ1) is 13.3. The number of ether oxygens (including phenoxy) is 1. The molecule has 1 saturated carbocycles. The van der Waals surface area contributed by atoms with Crippen LogP contribution in [0.2, 0.25) is 0 Å². The summed E-state index contributed by atoms with van der Waals surface area (Å²) in [6.45, 7) is 2.74. The van der Waals surface area contributed by atoms with E-state index >= 15 is 0 Å². The van der Waals surface area contributed by atoms with Crippen LogP contribution in [0.3, 0.4) is 0 Å². The lowest BCUT2D eigenvalue weighted by Crippen LogP contribution is -2.34. The monoisotopic (exact) mass is 250 g/mol. The van der Waals surface area contributed by atoms with E-state index in [1.54, 1.807) is 19.4 Å². The van der Waals surface area contributed by atoms with Gasteiger partial charge in [0.1, 0.15) is 0 Å². The van der Waals surface area contributed by atoms with E-state index in [4.69, 9.17) is 10.5 Å². The van der Waals surface area contributed by atoms with E-state index in [0.717, 1.165) is 24.8 Å². The van der Waals surface area contributed by atoms with E-state index in [-0.39, 0.29) is 5.41 Å². The molecule has 3 N–H and O–H groups in total. The van der Waals surface area contributed by atoms with Crippen molar-refractivity contribution >= 4 is 0 Å². The summed E-state index contributed by atoms with van der Waals surface area (Å²) in [5, 5.41) is 10.6. The molecule has 3 atom stereocenters. The second-order valence-electron chi connectivity index (χ2n) is 5.45. The van der Waals surface area contributed by atoms with E-state index in [2.05, 4.69) is 11.9 Å². The molecule has 1 aliphatic rings. The Morgan fingerprint density at radius 3 is 2.83 bits per heavy atom. The van der Waals surface area contributed by atoms with Crippen LogP contribution < -0.4 is 10.5 Å². The summed E-state index contributed by atoms with van der Waals surface area (Å²) in [6.07, 6.45) is 4.25. The molecule has 1 aliphatic carbocycles. The van der Waals surface area contributed by atoms with Crippen molar-refractivity contribution in [3.63, 3.8) is 0 Å². The van der Waals surface area contributed by atoms with Crippen LogP contribution in [-0.4, -0.2) is 23.7 Å². The fraction of sp³-hybridized carbons (Fsp3) is 0.643. The molecule has 18 heavy (non-hydrogen) atoms. The minimum absolute atomic E-state index is 0.185. The van der Waals surface area contributed by atoms with Crippen LogP contribution in [0, 0.1) is 11.3 Å². The van der Waals surface area contributed by atoms with Crippen LogP contribution in [0.25, 0.3) is 0 Å². The van der Waals surface area contributed by atoms with Crippen LogP contribution in [-0.2, 0) is 0 Å². The number of pyridine rings is 1. The first-order valence-corrected chi connectivity index (χ1v) is 6.49. The van der Waals surface area contributed by atoms with Gasteiger partial charge in [0.2, 0.25) is 5.88 Å². The van der Waals surface area contributed by atoms with Crippen LogP contribution in [0.4, 0.5) is 0 Å². The Balaban J connectivity index is 2.20. The summed E-state index contributed by atoms with van der Waals surface area (Å²) >= 11 is 0. The SMILES string of the molecule is COc1ccc(C(O)C2(CN)CCC(C)C2)cn1.